The molecule has 0 fully saturated rings. The fraction of sp³-hybridized carbons (Fsp3) is 0.381. The van der Waals surface area contributed by atoms with E-state index in [9.17, 15) is 4.79 Å². The molecule has 2 aromatic carbocycles. The van der Waals surface area contributed by atoms with Crippen LogP contribution < -0.4 is 4.74 Å². The third-order valence-electron chi connectivity index (χ3n) is 4.11. The van der Waals surface area contributed by atoms with Crippen molar-refractivity contribution in [2.45, 2.75) is 46.5 Å². The molecule has 0 aliphatic carbocycles. The summed E-state index contributed by atoms with van der Waals surface area (Å²) in [5.41, 5.74) is 5.47. The summed E-state index contributed by atoms with van der Waals surface area (Å²) in [4.78, 5) is 10.8. The van der Waals surface area contributed by atoms with Gasteiger partial charge in [0.1, 0.15) is 12.0 Å². The van der Waals surface area contributed by atoms with Gasteiger partial charge in [0.2, 0.25) is 0 Å². The second-order valence-electron chi connectivity index (χ2n) is 6.08. The molecule has 0 heterocycles. The number of unbranched alkanes of at least 4 members (excludes halogenated alkanes) is 3. The number of hydrogen-bond donors (Lipinski definition) is 0. The van der Waals surface area contributed by atoms with Crippen LogP contribution in [0.3, 0.4) is 0 Å². The standard InChI is InChI=1S/C21H26O2/c1-4-5-6-7-12-23-20-13-16(2)21(17(3)14-20)19-10-8-18(15-22)9-11-19/h8-11,13-15H,4-7,12H2,1-3H3. The maximum Gasteiger partial charge on any atom is 0.150 e. The molecule has 0 unspecified atom stereocenters. The number of ether oxygens (including phenoxy) is 1. The smallest absolute Gasteiger partial charge is 0.150 e. The molecule has 2 aromatic rings. The van der Waals surface area contributed by atoms with E-state index in [0.29, 0.717) is 5.56 Å². The van der Waals surface area contributed by atoms with E-state index < -0.39 is 0 Å². The van der Waals surface area contributed by atoms with Gasteiger partial charge in [-0.3, -0.25) is 4.79 Å². The van der Waals surface area contributed by atoms with E-state index in [1.807, 2.05) is 24.3 Å². The Morgan fingerprint density at radius 2 is 1.61 bits per heavy atom. The largest absolute Gasteiger partial charge is 0.494 e. The van der Waals surface area contributed by atoms with Gasteiger partial charge in [-0.2, -0.15) is 0 Å². The van der Waals surface area contributed by atoms with E-state index in [2.05, 4.69) is 32.9 Å². The SMILES string of the molecule is CCCCCCOc1cc(C)c(-c2ccc(C=O)cc2)c(C)c1. The third kappa shape index (κ3) is 4.69. The van der Waals surface area contributed by atoms with Gasteiger partial charge in [0.25, 0.3) is 0 Å². The number of benzene rings is 2. The van der Waals surface area contributed by atoms with Crippen molar-refractivity contribution < 1.29 is 9.53 Å². The van der Waals surface area contributed by atoms with Gasteiger partial charge in [-0.15, -0.1) is 0 Å². The maximum atomic E-state index is 10.8. The van der Waals surface area contributed by atoms with Crippen molar-refractivity contribution in [1.82, 2.24) is 0 Å². The summed E-state index contributed by atoms with van der Waals surface area (Å²) in [6.45, 7) is 7.22. The van der Waals surface area contributed by atoms with E-state index in [-0.39, 0.29) is 0 Å². The first-order valence-corrected chi connectivity index (χ1v) is 8.45. The van der Waals surface area contributed by atoms with Gasteiger partial charge in [-0.25, -0.2) is 0 Å². The Hall–Kier alpha value is -2.09. The second-order valence-corrected chi connectivity index (χ2v) is 6.08. The number of carbonyl (C=O) groups is 1. The van der Waals surface area contributed by atoms with Gasteiger partial charge in [0.05, 0.1) is 6.61 Å². The van der Waals surface area contributed by atoms with Crippen molar-refractivity contribution in [3.05, 3.63) is 53.1 Å². The maximum absolute atomic E-state index is 10.8. The lowest BCUT2D eigenvalue weighted by Gasteiger charge is -2.14. The molecular formula is C21H26O2. The lowest BCUT2D eigenvalue weighted by atomic mass is 9.95. The summed E-state index contributed by atoms with van der Waals surface area (Å²) >= 11 is 0. The van der Waals surface area contributed by atoms with Crippen LogP contribution >= 0.6 is 0 Å². The molecule has 2 nitrogen and oxygen atoms in total. The fourth-order valence-electron chi connectivity index (χ4n) is 2.91. The van der Waals surface area contributed by atoms with Gasteiger partial charge in [-0.1, -0.05) is 50.5 Å². The average molecular weight is 310 g/mol. The fourth-order valence-corrected chi connectivity index (χ4v) is 2.91. The van der Waals surface area contributed by atoms with Crippen LogP contribution in [0, 0.1) is 13.8 Å². The van der Waals surface area contributed by atoms with E-state index in [4.69, 9.17) is 4.74 Å². The normalized spacial score (nSPS) is 10.6. The molecule has 122 valence electrons. The summed E-state index contributed by atoms with van der Waals surface area (Å²) in [5.74, 6) is 0.949. The minimum Gasteiger partial charge on any atom is -0.494 e. The highest BCUT2D eigenvalue weighted by Crippen LogP contribution is 2.31. The lowest BCUT2D eigenvalue weighted by molar-refractivity contribution is 0.112. The van der Waals surface area contributed by atoms with Crippen molar-refractivity contribution in [1.29, 1.82) is 0 Å². The van der Waals surface area contributed by atoms with Crippen molar-refractivity contribution in [3.8, 4) is 16.9 Å². The van der Waals surface area contributed by atoms with Gasteiger partial charge in [-0.05, 0) is 54.7 Å². The molecule has 0 amide bonds. The third-order valence-corrected chi connectivity index (χ3v) is 4.11. The number of hydrogen-bond acceptors (Lipinski definition) is 2. The highest BCUT2D eigenvalue weighted by molar-refractivity contribution is 5.78. The van der Waals surface area contributed by atoms with E-state index in [1.165, 1.54) is 36.0 Å². The molecule has 0 aliphatic heterocycles. The first-order chi connectivity index (χ1) is 11.2. The highest BCUT2D eigenvalue weighted by Gasteiger charge is 2.08. The van der Waals surface area contributed by atoms with Crippen LogP contribution in [0.1, 0.15) is 54.1 Å². The quantitative estimate of drug-likeness (QED) is 0.459. The second kappa shape index (κ2) is 8.52. The first kappa shape index (κ1) is 17.3. The first-order valence-electron chi connectivity index (χ1n) is 8.45. The zero-order chi connectivity index (χ0) is 16.7. The van der Waals surface area contributed by atoms with Gasteiger partial charge in [0, 0.05) is 5.56 Å². The van der Waals surface area contributed by atoms with E-state index in [1.54, 1.807) is 0 Å². The molecule has 0 saturated heterocycles. The summed E-state index contributed by atoms with van der Waals surface area (Å²) < 4.78 is 5.90. The van der Waals surface area contributed by atoms with Crippen LogP contribution in [0.4, 0.5) is 0 Å². The number of rotatable bonds is 8. The van der Waals surface area contributed by atoms with Crippen LogP contribution in [-0.2, 0) is 0 Å². The van der Waals surface area contributed by atoms with Crippen molar-refractivity contribution in [2.75, 3.05) is 6.61 Å². The predicted molar refractivity (Wildman–Crippen MR) is 96.4 cm³/mol. The Morgan fingerprint density at radius 3 is 2.17 bits per heavy atom. The van der Waals surface area contributed by atoms with Crippen molar-refractivity contribution >= 4 is 6.29 Å². The van der Waals surface area contributed by atoms with E-state index in [0.717, 1.165) is 30.6 Å². The number of aldehydes is 1. The molecule has 0 N–H and O–H groups in total. The van der Waals surface area contributed by atoms with Crippen molar-refractivity contribution in [3.63, 3.8) is 0 Å². The zero-order valence-electron chi connectivity index (χ0n) is 14.4. The topological polar surface area (TPSA) is 26.3 Å². The predicted octanol–water partition coefficient (Wildman–Crippen LogP) is 5.74. The van der Waals surface area contributed by atoms with Gasteiger partial charge in [0.15, 0.2) is 0 Å². The summed E-state index contributed by atoms with van der Waals surface area (Å²) in [6.07, 6.45) is 5.74. The Bertz CT molecular complexity index is 618. The van der Waals surface area contributed by atoms with Gasteiger partial charge < -0.3 is 4.74 Å². The molecule has 0 aromatic heterocycles. The molecule has 0 spiro atoms. The Morgan fingerprint density at radius 1 is 0.957 bits per heavy atom. The van der Waals surface area contributed by atoms with Crippen LogP contribution in [0.15, 0.2) is 36.4 Å². The van der Waals surface area contributed by atoms with Crippen LogP contribution in [0.25, 0.3) is 11.1 Å². The monoisotopic (exact) mass is 310 g/mol. The molecule has 23 heavy (non-hydrogen) atoms. The molecule has 0 radical (unpaired) electrons. The van der Waals surface area contributed by atoms with Crippen LogP contribution in [-0.4, -0.2) is 12.9 Å². The van der Waals surface area contributed by atoms with Crippen LogP contribution in [0.2, 0.25) is 0 Å². The summed E-state index contributed by atoms with van der Waals surface area (Å²) in [5, 5.41) is 0. The molecular weight excluding hydrogens is 284 g/mol. The Kier molecular flexibility index (Phi) is 6.40. The molecule has 0 aliphatic rings. The van der Waals surface area contributed by atoms with Gasteiger partial charge >= 0.3 is 0 Å². The lowest BCUT2D eigenvalue weighted by Crippen LogP contribution is -1.99. The Balaban J connectivity index is 2.11. The number of carbonyl (C=O) groups excluding carboxylic acids is 1. The highest BCUT2D eigenvalue weighted by atomic mass is 16.5. The molecule has 0 saturated carbocycles. The van der Waals surface area contributed by atoms with Crippen molar-refractivity contribution in [2.24, 2.45) is 0 Å². The minimum absolute atomic E-state index is 0.705. The summed E-state index contributed by atoms with van der Waals surface area (Å²) in [6, 6.07) is 11.9. The summed E-state index contributed by atoms with van der Waals surface area (Å²) in [7, 11) is 0. The minimum atomic E-state index is 0.705. The molecule has 2 rings (SSSR count). The average Bonchev–Trinajstić information content (AvgIpc) is 2.55. The molecule has 0 bridgehead atoms. The molecule has 2 heteroatoms. The zero-order valence-corrected chi connectivity index (χ0v) is 14.4. The number of aryl methyl sites for hydroxylation is 2. The Labute approximate surface area is 139 Å². The molecule has 0 atom stereocenters. The van der Waals surface area contributed by atoms with Crippen LogP contribution in [0.5, 0.6) is 5.75 Å². The van der Waals surface area contributed by atoms with E-state index >= 15 is 0 Å².